The second-order valence-electron chi connectivity index (χ2n) is 5.21. The van der Waals surface area contributed by atoms with E-state index in [-0.39, 0.29) is 16.9 Å². The number of nitrogens with one attached hydrogen (secondary N) is 1. The predicted molar refractivity (Wildman–Crippen MR) is 85.2 cm³/mol. The number of rotatable bonds is 5. The van der Waals surface area contributed by atoms with Crippen LogP contribution in [0.3, 0.4) is 0 Å². The van der Waals surface area contributed by atoms with Gasteiger partial charge in [0.15, 0.2) is 0 Å². The van der Waals surface area contributed by atoms with E-state index in [0.717, 1.165) is 23.5 Å². The quantitative estimate of drug-likeness (QED) is 0.886. The first kappa shape index (κ1) is 15.9. The number of nitrogens with zero attached hydrogens (tertiary/aromatic N) is 1. The van der Waals surface area contributed by atoms with E-state index in [9.17, 15) is 4.39 Å². The summed E-state index contributed by atoms with van der Waals surface area (Å²) in [5, 5.41) is 3.58. The molecule has 2 rings (SSSR count). The van der Waals surface area contributed by atoms with Crippen LogP contribution in [0.25, 0.3) is 0 Å². The molecule has 1 aromatic heterocycles. The summed E-state index contributed by atoms with van der Waals surface area (Å²) >= 11 is 5.87. The lowest BCUT2D eigenvalue weighted by atomic mass is 9.98. The summed E-state index contributed by atoms with van der Waals surface area (Å²) in [4.78, 5) is 4.39. The van der Waals surface area contributed by atoms with Crippen LogP contribution in [0.2, 0.25) is 5.02 Å². The number of aromatic nitrogens is 1. The number of benzene rings is 1. The van der Waals surface area contributed by atoms with E-state index in [1.165, 1.54) is 0 Å². The molecule has 112 valence electrons. The summed E-state index contributed by atoms with van der Waals surface area (Å²) in [5.74, 6) is -0.329. The van der Waals surface area contributed by atoms with Crippen LogP contribution in [0.15, 0.2) is 30.3 Å². The standard InChI is InChI=1S/C17H20ClFN2/c1-4-20-16(14-8-11(2)21-12(3)9-14)10-13-6-5-7-15(18)17(13)19/h5-9,16,20H,4,10H2,1-3H3. The van der Waals surface area contributed by atoms with Gasteiger partial charge in [0.2, 0.25) is 0 Å². The average Bonchev–Trinajstić information content (AvgIpc) is 2.42. The monoisotopic (exact) mass is 306 g/mol. The lowest BCUT2D eigenvalue weighted by Crippen LogP contribution is -2.23. The fourth-order valence-electron chi connectivity index (χ4n) is 2.55. The number of aryl methyl sites for hydroxylation is 2. The van der Waals surface area contributed by atoms with Crippen molar-refractivity contribution in [2.75, 3.05) is 6.54 Å². The third-order valence-electron chi connectivity index (χ3n) is 3.41. The molecule has 0 bridgehead atoms. The molecule has 21 heavy (non-hydrogen) atoms. The maximum absolute atomic E-state index is 14.1. The predicted octanol–water partition coefficient (Wildman–Crippen LogP) is 4.38. The molecule has 1 aromatic carbocycles. The van der Waals surface area contributed by atoms with Gasteiger partial charge in [0.05, 0.1) is 5.02 Å². The summed E-state index contributed by atoms with van der Waals surface area (Å²) < 4.78 is 14.1. The van der Waals surface area contributed by atoms with E-state index < -0.39 is 0 Å². The first-order chi connectivity index (χ1) is 10.0. The molecule has 2 nitrogen and oxygen atoms in total. The normalized spacial score (nSPS) is 12.4. The zero-order valence-corrected chi connectivity index (χ0v) is 13.3. The molecule has 0 saturated carbocycles. The van der Waals surface area contributed by atoms with Crippen molar-refractivity contribution in [3.8, 4) is 0 Å². The van der Waals surface area contributed by atoms with Crippen molar-refractivity contribution in [2.45, 2.75) is 33.2 Å². The van der Waals surface area contributed by atoms with Crippen LogP contribution in [0, 0.1) is 19.7 Å². The van der Waals surface area contributed by atoms with Crippen LogP contribution >= 0.6 is 11.6 Å². The van der Waals surface area contributed by atoms with E-state index in [4.69, 9.17) is 11.6 Å². The molecule has 1 heterocycles. The van der Waals surface area contributed by atoms with Crippen molar-refractivity contribution in [2.24, 2.45) is 0 Å². The fourth-order valence-corrected chi connectivity index (χ4v) is 2.74. The van der Waals surface area contributed by atoms with Crippen LogP contribution in [0.1, 0.15) is 35.5 Å². The fraction of sp³-hybridized carbons (Fsp3) is 0.353. The molecular weight excluding hydrogens is 287 g/mol. The third kappa shape index (κ3) is 4.02. The van der Waals surface area contributed by atoms with Gasteiger partial charge < -0.3 is 5.32 Å². The van der Waals surface area contributed by atoms with Crippen LogP contribution in [0.5, 0.6) is 0 Å². The summed E-state index contributed by atoms with van der Waals surface area (Å²) in [6, 6.07) is 9.28. The SMILES string of the molecule is CCNC(Cc1cccc(Cl)c1F)c1cc(C)nc(C)c1. The number of likely N-dealkylation sites (N-methyl/N-ethyl adjacent to an activating group) is 1. The van der Waals surface area contributed by atoms with Gasteiger partial charge in [0.25, 0.3) is 0 Å². The number of hydrogen-bond donors (Lipinski definition) is 1. The van der Waals surface area contributed by atoms with Gasteiger partial charge in [-0.15, -0.1) is 0 Å². The molecule has 0 aliphatic heterocycles. The third-order valence-corrected chi connectivity index (χ3v) is 3.70. The topological polar surface area (TPSA) is 24.9 Å². The van der Waals surface area contributed by atoms with Crippen LogP contribution in [-0.2, 0) is 6.42 Å². The van der Waals surface area contributed by atoms with Crippen LogP contribution in [0.4, 0.5) is 4.39 Å². The minimum absolute atomic E-state index is 0.0448. The lowest BCUT2D eigenvalue weighted by molar-refractivity contribution is 0.527. The Kier molecular flexibility index (Phi) is 5.32. The van der Waals surface area contributed by atoms with E-state index in [0.29, 0.717) is 12.0 Å². The largest absolute Gasteiger partial charge is 0.310 e. The maximum Gasteiger partial charge on any atom is 0.145 e. The van der Waals surface area contributed by atoms with Crippen molar-refractivity contribution < 1.29 is 4.39 Å². The Labute approximate surface area is 130 Å². The number of pyridine rings is 1. The molecule has 4 heteroatoms. The molecule has 0 spiro atoms. The van der Waals surface area contributed by atoms with E-state index in [2.05, 4.69) is 10.3 Å². The minimum Gasteiger partial charge on any atom is -0.310 e. The molecule has 0 aliphatic rings. The second kappa shape index (κ2) is 7.01. The van der Waals surface area contributed by atoms with Crippen molar-refractivity contribution >= 4 is 11.6 Å². The van der Waals surface area contributed by atoms with Gasteiger partial charge in [-0.05, 0) is 56.1 Å². The van der Waals surface area contributed by atoms with Crippen molar-refractivity contribution in [1.29, 1.82) is 0 Å². The molecule has 1 atom stereocenters. The molecule has 0 radical (unpaired) electrons. The van der Waals surface area contributed by atoms with Crippen molar-refractivity contribution in [3.05, 3.63) is 63.7 Å². The molecule has 1 N–H and O–H groups in total. The molecule has 0 fully saturated rings. The number of hydrogen-bond acceptors (Lipinski definition) is 2. The maximum atomic E-state index is 14.1. The Morgan fingerprint density at radius 1 is 1.24 bits per heavy atom. The molecular formula is C17H20ClFN2. The highest BCUT2D eigenvalue weighted by atomic mass is 35.5. The Balaban J connectivity index is 2.32. The molecule has 0 amide bonds. The zero-order chi connectivity index (χ0) is 15.4. The molecule has 0 saturated heterocycles. The highest BCUT2D eigenvalue weighted by Crippen LogP contribution is 2.24. The van der Waals surface area contributed by atoms with Gasteiger partial charge in [0.1, 0.15) is 5.82 Å². The van der Waals surface area contributed by atoms with Gasteiger partial charge in [-0.25, -0.2) is 4.39 Å². The highest BCUT2D eigenvalue weighted by Gasteiger charge is 2.16. The second-order valence-corrected chi connectivity index (χ2v) is 5.62. The van der Waals surface area contributed by atoms with E-state index >= 15 is 0 Å². The average molecular weight is 307 g/mol. The molecule has 2 aromatic rings. The Morgan fingerprint density at radius 2 is 1.90 bits per heavy atom. The van der Waals surface area contributed by atoms with Crippen molar-refractivity contribution in [1.82, 2.24) is 10.3 Å². The highest BCUT2D eigenvalue weighted by molar-refractivity contribution is 6.30. The van der Waals surface area contributed by atoms with Gasteiger partial charge >= 0.3 is 0 Å². The molecule has 1 unspecified atom stereocenters. The lowest BCUT2D eigenvalue weighted by Gasteiger charge is -2.20. The first-order valence-corrected chi connectivity index (χ1v) is 7.50. The summed E-state index contributed by atoms with van der Waals surface area (Å²) in [6.45, 7) is 6.80. The number of halogens is 2. The van der Waals surface area contributed by atoms with Crippen LogP contribution in [-0.4, -0.2) is 11.5 Å². The first-order valence-electron chi connectivity index (χ1n) is 7.12. The van der Waals surface area contributed by atoms with E-state index in [1.54, 1.807) is 18.2 Å². The zero-order valence-electron chi connectivity index (χ0n) is 12.6. The van der Waals surface area contributed by atoms with Gasteiger partial charge in [-0.3, -0.25) is 4.98 Å². The minimum atomic E-state index is -0.329. The Morgan fingerprint density at radius 3 is 2.52 bits per heavy atom. The Bertz CT molecular complexity index is 608. The van der Waals surface area contributed by atoms with Crippen molar-refractivity contribution in [3.63, 3.8) is 0 Å². The summed E-state index contributed by atoms with van der Waals surface area (Å²) in [5.41, 5.74) is 3.70. The van der Waals surface area contributed by atoms with Gasteiger partial charge in [0, 0.05) is 17.4 Å². The Hall–Kier alpha value is -1.45. The smallest absolute Gasteiger partial charge is 0.145 e. The molecule has 0 aliphatic carbocycles. The van der Waals surface area contributed by atoms with Crippen LogP contribution < -0.4 is 5.32 Å². The van der Waals surface area contributed by atoms with Gasteiger partial charge in [-0.2, -0.15) is 0 Å². The summed E-state index contributed by atoms with van der Waals surface area (Å²) in [6.07, 6.45) is 0.559. The summed E-state index contributed by atoms with van der Waals surface area (Å²) in [7, 11) is 0. The van der Waals surface area contributed by atoms with Gasteiger partial charge in [-0.1, -0.05) is 30.7 Å². The van der Waals surface area contributed by atoms with E-state index in [1.807, 2.05) is 32.9 Å².